The number of hydrogen-bond donors (Lipinski definition) is 3. The Morgan fingerprint density at radius 1 is 1.10 bits per heavy atom. The van der Waals surface area contributed by atoms with Crippen LogP contribution in [-0.2, 0) is 12.0 Å². The highest BCUT2D eigenvalue weighted by Crippen LogP contribution is 2.50. The van der Waals surface area contributed by atoms with Crippen molar-refractivity contribution in [3.05, 3.63) is 70.8 Å². The fourth-order valence-corrected chi connectivity index (χ4v) is 3.87. The molecule has 0 aliphatic carbocycles. The van der Waals surface area contributed by atoms with E-state index in [0.29, 0.717) is 0 Å². The molecule has 2 aliphatic rings. The van der Waals surface area contributed by atoms with Crippen LogP contribution in [0.5, 0.6) is 0 Å². The zero-order valence-electron chi connectivity index (χ0n) is 11.1. The lowest BCUT2D eigenvalue weighted by molar-refractivity contribution is 0.0264. The van der Waals surface area contributed by atoms with E-state index in [9.17, 15) is 10.2 Å². The van der Waals surface area contributed by atoms with Crippen LogP contribution >= 0.6 is 0 Å². The first kappa shape index (κ1) is 12.1. The van der Waals surface area contributed by atoms with E-state index in [1.807, 2.05) is 24.3 Å². The molecule has 0 aromatic heterocycles. The van der Waals surface area contributed by atoms with Crippen LogP contribution in [0.1, 0.15) is 28.3 Å². The number of nitrogens with one attached hydrogen (secondary N) is 1. The highest BCUT2D eigenvalue weighted by atomic mass is 16.3. The van der Waals surface area contributed by atoms with E-state index in [0.717, 1.165) is 17.5 Å². The fraction of sp³-hybridized carbons (Fsp3) is 0.294. The van der Waals surface area contributed by atoms with E-state index >= 15 is 0 Å². The summed E-state index contributed by atoms with van der Waals surface area (Å²) in [4.78, 5) is 0. The minimum absolute atomic E-state index is 0.210. The molecule has 0 saturated carbocycles. The quantitative estimate of drug-likeness (QED) is 0.772. The van der Waals surface area contributed by atoms with Crippen molar-refractivity contribution in [2.75, 3.05) is 6.61 Å². The molecule has 2 aromatic carbocycles. The molecule has 0 fully saturated rings. The summed E-state index contributed by atoms with van der Waals surface area (Å²) in [5.41, 5.74) is 3.99. The number of fused-ring (bicyclic) bond motifs is 7. The Hall–Kier alpha value is -1.68. The predicted octanol–water partition coefficient (Wildman–Crippen LogP) is 1.48. The summed E-state index contributed by atoms with van der Waals surface area (Å²) in [6, 6.07) is 16.6. The Balaban J connectivity index is 2.04. The number of aliphatic hydroxyl groups is 2. The molecule has 102 valence electrons. The summed E-state index contributed by atoms with van der Waals surface area (Å²) in [5, 5.41) is 23.7. The molecule has 3 atom stereocenters. The van der Waals surface area contributed by atoms with Gasteiger partial charge in [-0.2, -0.15) is 0 Å². The minimum Gasteiger partial charge on any atom is -0.394 e. The molecule has 0 spiro atoms. The van der Waals surface area contributed by atoms with Gasteiger partial charge in [-0.05, 0) is 28.7 Å². The van der Waals surface area contributed by atoms with Gasteiger partial charge in [0.1, 0.15) is 6.10 Å². The molecule has 0 amide bonds. The van der Waals surface area contributed by atoms with Crippen molar-refractivity contribution in [3.63, 3.8) is 0 Å². The molecular weight excluding hydrogens is 250 g/mol. The van der Waals surface area contributed by atoms with Crippen LogP contribution in [0.25, 0.3) is 0 Å². The normalized spacial score (nSPS) is 27.8. The Morgan fingerprint density at radius 2 is 1.80 bits per heavy atom. The second-order valence-corrected chi connectivity index (χ2v) is 5.65. The van der Waals surface area contributed by atoms with Crippen molar-refractivity contribution < 1.29 is 10.2 Å². The van der Waals surface area contributed by atoms with Crippen LogP contribution in [0, 0.1) is 0 Å². The van der Waals surface area contributed by atoms with E-state index < -0.39 is 11.6 Å². The summed E-state index contributed by atoms with van der Waals surface area (Å²) in [7, 11) is 0. The molecule has 0 saturated heterocycles. The first-order valence-electron chi connectivity index (χ1n) is 7.02. The zero-order valence-corrected chi connectivity index (χ0v) is 11.1. The molecule has 3 N–H and O–H groups in total. The lowest BCUT2D eigenvalue weighted by Crippen LogP contribution is -2.53. The summed E-state index contributed by atoms with van der Waals surface area (Å²) in [5.74, 6) is 0. The van der Waals surface area contributed by atoms with Gasteiger partial charge in [0.05, 0.1) is 12.1 Å². The lowest BCUT2D eigenvalue weighted by Gasteiger charge is -2.40. The summed E-state index contributed by atoms with van der Waals surface area (Å²) >= 11 is 0. The lowest BCUT2D eigenvalue weighted by atomic mass is 9.77. The standard InChI is InChI=1S/C17H17NO2/c19-10-16(20)17-13-7-3-1-5-11(13)9-15(18-17)12-6-2-4-8-14(12)17/h1-8,15-16,18-20H,9-10H2. The maximum absolute atomic E-state index is 10.5. The van der Waals surface area contributed by atoms with Crippen LogP contribution < -0.4 is 5.32 Å². The third-order valence-electron chi connectivity index (χ3n) is 4.70. The van der Waals surface area contributed by atoms with Gasteiger partial charge in [0, 0.05) is 6.04 Å². The van der Waals surface area contributed by atoms with Gasteiger partial charge in [-0.1, -0.05) is 48.5 Å². The van der Waals surface area contributed by atoms with Gasteiger partial charge >= 0.3 is 0 Å². The van der Waals surface area contributed by atoms with Gasteiger partial charge in [0.2, 0.25) is 0 Å². The van der Waals surface area contributed by atoms with E-state index in [1.165, 1.54) is 11.1 Å². The maximum Gasteiger partial charge on any atom is 0.104 e. The SMILES string of the molecule is OCC(O)C12NC(Cc3ccccc31)c1ccccc12. The number of hydrogen-bond acceptors (Lipinski definition) is 3. The Bertz CT molecular complexity index is 657. The molecule has 2 heterocycles. The van der Waals surface area contributed by atoms with E-state index in [4.69, 9.17) is 0 Å². The molecule has 4 rings (SSSR count). The van der Waals surface area contributed by atoms with E-state index in [-0.39, 0.29) is 12.6 Å². The van der Waals surface area contributed by atoms with Gasteiger partial charge in [0.25, 0.3) is 0 Å². The molecule has 3 unspecified atom stereocenters. The molecule has 2 aromatic rings. The van der Waals surface area contributed by atoms with E-state index in [2.05, 4.69) is 29.6 Å². The van der Waals surface area contributed by atoms with Crippen LogP contribution in [0.4, 0.5) is 0 Å². The third-order valence-corrected chi connectivity index (χ3v) is 4.70. The zero-order chi connectivity index (χ0) is 13.7. The van der Waals surface area contributed by atoms with Crippen molar-refractivity contribution in [1.29, 1.82) is 0 Å². The summed E-state index contributed by atoms with van der Waals surface area (Å²) < 4.78 is 0. The van der Waals surface area contributed by atoms with Gasteiger partial charge in [0.15, 0.2) is 0 Å². The minimum atomic E-state index is -0.852. The number of rotatable bonds is 2. The van der Waals surface area contributed by atoms with Crippen LogP contribution in [-0.4, -0.2) is 22.9 Å². The molecular formula is C17H17NO2. The van der Waals surface area contributed by atoms with Gasteiger partial charge in [-0.25, -0.2) is 0 Å². The molecule has 2 bridgehead atoms. The molecule has 3 heteroatoms. The summed E-state index contributed by atoms with van der Waals surface area (Å²) in [6.07, 6.45) is 0.0719. The number of benzene rings is 2. The van der Waals surface area contributed by atoms with Crippen LogP contribution in [0.3, 0.4) is 0 Å². The van der Waals surface area contributed by atoms with Crippen molar-refractivity contribution in [1.82, 2.24) is 5.32 Å². The fourth-order valence-electron chi connectivity index (χ4n) is 3.87. The van der Waals surface area contributed by atoms with Gasteiger partial charge in [-0.15, -0.1) is 0 Å². The topological polar surface area (TPSA) is 52.5 Å². The van der Waals surface area contributed by atoms with Crippen molar-refractivity contribution >= 4 is 0 Å². The van der Waals surface area contributed by atoms with E-state index in [1.54, 1.807) is 0 Å². The summed E-state index contributed by atoms with van der Waals surface area (Å²) in [6.45, 7) is -0.262. The second-order valence-electron chi connectivity index (χ2n) is 5.65. The van der Waals surface area contributed by atoms with Gasteiger partial charge in [-0.3, -0.25) is 5.32 Å². The first-order chi connectivity index (χ1) is 9.77. The highest BCUT2D eigenvalue weighted by Gasteiger charge is 2.52. The Labute approximate surface area is 117 Å². The molecule has 2 aliphatic heterocycles. The van der Waals surface area contributed by atoms with Crippen molar-refractivity contribution in [2.45, 2.75) is 24.1 Å². The largest absolute Gasteiger partial charge is 0.394 e. The Kier molecular flexibility index (Phi) is 2.51. The van der Waals surface area contributed by atoms with Gasteiger partial charge < -0.3 is 10.2 Å². The second kappa shape index (κ2) is 4.16. The third kappa shape index (κ3) is 1.35. The first-order valence-corrected chi connectivity index (χ1v) is 7.02. The Morgan fingerprint density at radius 3 is 2.60 bits per heavy atom. The van der Waals surface area contributed by atoms with Crippen LogP contribution in [0.2, 0.25) is 0 Å². The molecule has 20 heavy (non-hydrogen) atoms. The average Bonchev–Trinajstić information content (AvgIpc) is 2.78. The smallest absolute Gasteiger partial charge is 0.104 e. The van der Waals surface area contributed by atoms with Crippen molar-refractivity contribution in [2.24, 2.45) is 0 Å². The number of aliphatic hydroxyl groups excluding tert-OH is 2. The monoisotopic (exact) mass is 267 g/mol. The molecule has 0 radical (unpaired) electrons. The predicted molar refractivity (Wildman–Crippen MR) is 76.3 cm³/mol. The van der Waals surface area contributed by atoms with Crippen molar-refractivity contribution in [3.8, 4) is 0 Å². The average molecular weight is 267 g/mol. The van der Waals surface area contributed by atoms with Crippen LogP contribution in [0.15, 0.2) is 48.5 Å². The highest BCUT2D eigenvalue weighted by molar-refractivity contribution is 5.56. The maximum atomic E-state index is 10.5. The molecule has 3 nitrogen and oxygen atoms in total.